The molecule has 5 heteroatoms. The molecule has 110 valence electrons. The number of amides is 1. The van der Waals surface area contributed by atoms with Crippen molar-refractivity contribution in [3.63, 3.8) is 0 Å². The van der Waals surface area contributed by atoms with Crippen LogP contribution in [0, 0.1) is 0 Å². The molecule has 1 amide bonds. The quantitative estimate of drug-likeness (QED) is 0.853. The molecule has 1 aliphatic rings. The summed E-state index contributed by atoms with van der Waals surface area (Å²) in [5, 5.41) is 0. The van der Waals surface area contributed by atoms with Gasteiger partial charge in [0.1, 0.15) is 23.2 Å². The van der Waals surface area contributed by atoms with E-state index in [0.717, 1.165) is 11.5 Å². The molecule has 0 aromatic heterocycles. The molecule has 0 radical (unpaired) electrons. The number of nitrogens with zero attached hydrogens (tertiary/aromatic N) is 1. The van der Waals surface area contributed by atoms with Crippen LogP contribution in [0.2, 0.25) is 0 Å². The van der Waals surface area contributed by atoms with Crippen molar-refractivity contribution in [3.8, 4) is 11.5 Å². The van der Waals surface area contributed by atoms with Gasteiger partial charge in [0.05, 0.1) is 20.2 Å². The summed E-state index contributed by atoms with van der Waals surface area (Å²) in [5.74, 6) is 1.50. The molecule has 1 aliphatic heterocycles. The lowest BCUT2D eigenvalue weighted by atomic mass is 10.1. The van der Waals surface area contributed by atoms with E-state index in [1.165, 1.54) is 0 Å². The largest absolute Gasteiger partial charge is 0.497 e. The summed E-state index contributed by atoms with van der Waals surface area (Å²) in [7, 11) is 1.62. The van der Waals surface area contributed by atoms with Crippen LogP contribution in [0.5, 0.6) is 11.5 Å². The van der Waals surface area contributed by atoms with E-state index in [2.05, 4.69) is 0 Å². The van der Waals surface area contributed by atoms with E-state index < -0.39 is 5.60 Å². The fourth-order valence-electron chi connectivity index (χ4n) is 1.86. The van der Waals surface area contributed by atoms with Crippen LogP contribution >= 0.6 is 0 Å². The van der Waals surface area contributed by atoms with Crippen LogP contribution in [0.25, 0.3) is 0 Å². The number of benzene rings is 1. The number of methoxy groups -OCH3 is 1. The first-order valence-electron chi connectivity index (χ1n) is 6.66. The summed E-state index contributed by atoms with van der Waals surface area (Å²) >= 11 is 0. The Hall–Kier alpha value is -1.91. The van der Waals surface area contributed by atoms with Crippen molar-refractivity contribution in [1.82, 2.24) is 4.90 Å². The van der Waals surface area contributed by atoms with Gasteiger partial charge >= 0.3 is 6.09 Å². The molecule has 0 aliphatic carbocycles. The van der Waals surface area contributed by atoms with Crippen molar-refractivity contribution in [2.45, 2.75) is 32.5 Å². The van der Waals surface area contributed by atoms with Crippen molar-refractivity contribution < 1.29 is 19.0 Å². The number of carbonyl (C=O) groups is 1. The van der Waals surface area contributed by atoms with Gasteiger partial charge in [-0.05, 0) is 32.9 Å². The summed E-state index contributed by atoms with van der Waals surface area (Å²) < 4.78 is 16.2. The molecule has 0 bridgehead atoms. The van der Waals surface area contributed by atoms with Gasteiger partial charge in [0, 0.05) is 6.07 Å². The molecule has 2 rings (SSSR count). The molecule has 1 saturated heterocycles. The Bertz CT molecular complexity index is 475. The summed E-state index contributed by atoms with van der Waals surface area (Å²) in [6.45, 7) is 6.66. The standard InChI is InChI=1S/C15H21NO4/c1-15(2,3)20-14(17)16-9-13(10-16)19-12-7-5-6-11(8-12)18-4/h5-8,13H,9-10H2,1-4H3. The van der Waals surface area contributed by atoms with E-state index >= 15 is 0 Å². The second kappa shape index (κ2) is 5.61. The molecule has 0 saturated carbocycles. The molecule has 0 spiro atoms. The Morgan fingerprint density at radius 1 is 1.25 bits per heavy atom. The Kier molecular flexibility index (Phi) is 4.06. The maximum atomic E-state index is 11.8. The third-order valence-electron chi connectivity index (χ3n) is 2.84. The normalized spacial score (nSPS) is 15.5. The van der Waals surface area contributed by atoms with Crippen LogP contribution in [0.3, 0.4) is 0 Å². The first kappa shape index (κ1) is 14.5. The Morgan fingerprint density at radius 3 is 2.50 bits per heavy atom. The monoisotopic (exact) mass is 279 g/mol. The lowest BCUT2D eigenvalue weighted by Gasteiger charge is -2.39. The summed E-state index contributed by atoms with van der Waals surface area (Å²) in [4.78, 5) is 13.4. The lowest BCUT2D eigenvalue weighted by Crippen LogP contribution is -2.57. The minimum atomic E-state index is -0.462. The van der Waals surface area contributed by atoms with Crippen LogP contribution in [0.4, 0.5) is 4.79 Å². The summed E-state index contributed by atoms with van der Waals surface area (Å²) in [6, 6.07) is 7.44. The maximum Gasteiger partial charge on any atom is 0.410 e. The van der Waals surface area contributed by atoms with Crippen LogP contribution in [0.1, 0.15) is 20.8 Å². The lowest BCUT2D eigenvalue weighted by molar-refractivity contribution is -0.0221. The third kappa shape index (κ3) is 3.79. The highest BCUT2D eigenvalue weighted by Crippen LogP contribution is 2.23. The van der Waals surface area contributed by atoms with Crippen molar-refractivity contribution >= 4 is 6.09 Å². The number of rotatable bonds is 3. The average molecular weight is 279 g/mol. The predicted octanol–water partition coefficient (Wildman–Crippen LogP) is 2.69. The highest BCUT2D eigenvalue weighted by Gasteiger charge is 2.35. The Balaban J connectivity index is 1.80. The van der Waals surface area contributed by atoms with Crippen molar-refractivity contribution in [1.29, 1.82) is 0 Å². The van der Waals surface area contributed by atoms with E-state index in [9.17, 15) is 4.79 Å². The zero-order valence-corrected chi connectivity index (χ0v) is 12.4. The summed E-state index contributed by atoms with van der Waals surface area (Å²) in [5.41, 5.74) is -0.462. The molecular weight excluding hydrogens is 258 g/mol. The number of hydrogen-bond donors (Lipinski definition) is 0. The fourth-order valence-corrected chi connectivity index (χ4v) is 1.86. The highest BCUT2D eigenvalue weighted by molar-refractivity contribution is 5.69. The molecule has 1 aromatic carbocycles. The zero-order valence-electron chi connectivity index (χ0n) is 12.4. The molecule has 5 nitrogen and oxygen atoms in total. The zero-order chi connectivity index (χ0) is 14.8. The maximum absolute atomic E-state index is 11.8. The summed E-state index contributed by atoms with van der Waals surface area (Å²) in [6.07, 6.45) is -0.280. The number of hydrogen-bond acceptors (Lipinski definition) is 4. The minimum Gasteiger partial charge on any atom is -0.497 e. The molecule has 1 heterocycles. The van der Waals surface area contributed by atoms with Gasteiger partial charge in [0.25, 0.3) is 0 Å². The Labute approximate surface area is 119 Å². The molecule has 1 fully saturated rings. The first-order valence-corrected chi connectivity index (χ1v) is 6.66. The van der Waals surface area contributed by atoms with Crippen LogP contribution < -0.4 is 9.47 Å². The van der Waals surface area contributed by atoms with Crippen molar-refractivity contribution in [3.05, 3.63) is 24.3 Å². The topological polar surface area (TPSA) is 48.0 Å². The molecule has 0 atom stereocenters. The molecular formula is C15H21NO4. The second-order valence-electron chi connectivity index (χ2n) is 5.80. The van der Waals surface area contributed by atoms with E-state index in [4.69, 9.17) is 14.2 Å². The smallest absolute Gasteiger partial charge is 0.410 e. The molecule has 1 aromatic rings. The first-order chi connectivity index (χ1) is 9.37. The fraction of sp³-hybridized carbons (Fsp3) is 0.533. The van der Waals surface area contributed by atoms with E-state index in [0.29, 0.717) is 13.1 Å². The SMILES string of the molecule is COc1cccc(OC2CN(C(=O)OC(C)(C)C)C2)c1. The van der Waals surface area contributed by atoms with Crippen LogP contribution in [-0.4, -0.2) is 42.9 Å². The van der Waals surface area contributed by atoms with Crippen molar-refractivity contribution in [2.75, 3.05) is 20.2 Å². The second-order valence-corrected chi connectivity index (χ2v) is 5.80. The molecule has 0 N–H and O–H groups in total. The minimum absolute atomic E-state index is 0.00891. The van der Waals surface area contributed by atoms with Gasteiger partial charge in [-0.3, -0.25) is 0 Å². The van der Waals surface area contributed by atoms with Gasteiger partial charge in [0.2, 0.25) is 0 Å². The van der Waals surface area contributed by atoms with Crippen LogP contribution in [-0.2, 0) is 4.74 Å². The number of likely N-dealkylation sites (tertiary alicyclic amines) is 1. The third-order valence-corrected chi connectivity index (χ3v) is 2.84. The van der Waals surface area contributed by atoms with Gasteiger partial charge < -0.3 is 19.1 Å². The van der Waals surface area contributed by atoms with Gasteiger partial charge in [-0.1, -0.05) is 6.07 Å². The van der Waals surface area contributed by atoms with Gasteiger partial charge in [-0.2, -0.15) is 0 Å². The Morgan fingerprint density at radius 2 is 1.90 bits per heavy atom. The molecule has 0 unspecified atom stereocenters. The van der Waals surface area contributed by atoms with Gasteiger partial charge in [-0.15, -0.1) is 0 Å². The average Bonchev–Trinajstić information content (AvgIpc) is 2.31. The van der Waals surface area contributed by atoms with E-state index in [-0.39, 0.29) is 12.2 Å². The van der Waals surface area contributed by atoms with Gasteiger partial charge in [0.15, 0.2) is 0 Å². The van der Waals surface area contributed by atoms with Crippen LogP contribution in [0.15, 0.2) is 24.3 Å². The number of carbonyl (C=O) groups excluding carboxylic acids is 1. The highest BCUT2D eigenvalue weighted by atomic mass is 16.6. The number of ether oxygens (including phenoxy) is 3. The van der Waals surface area contributed by atoms with E-state index in [1.54, 1.807) is 12.0 Å². The van der Waals surface area contributed by atoms with E-state index in [1.807, 2.05) is 45.0 Å². The predicted molar refractivity (Wildman–Crippen MR) is 75.2 cm³/mol. The molecule has 20 heavy (non-hydrogen) atoms. The van der Waals surface area contributed by atoms with Gasteiger partial charge in [-0.25, -0.2) is 4.79 Å². The van der Waals surface area contributed by atoms with Crippen molar-refractivity contribution in [2.24, 2.45) is 0 Å².